The molecule has 0 aliphatic rings. The average Bonchev–Trinajstić information content (AvgIpc) is 2.44. The Labute approximate surface area is 152 Å². The smallest absolute Gasteiger partial charge is 0.155 e. The van der Waals surface area contributed by atoms with E-state index in [0.717, 1.165) is 0 Å². The lowest BCUT2D eigenvalue weighted by Crippen LogP contribution is -1.44. The summed E-state index contributed by atoms with van der Waals surface area (Å²) in [7, 11) is 8.19. The minimum absolute atomic E-state index is 0. The molecule has 0 aliphatic heterocycles. The summed E-state index contributed by atoms with van der Waals surface area (Å²) in [5.74, 6) is 0. The standard InChI is InChI=1S/C4H5N.C3H6.5C2H5N.CH4/c1-4(2)5-3;6*1-3-2;/h1H2,2H3;3H,1H2,2H3;5*1H2,2H3;1H4. The number of hydrogen-bond acceptors (Lipinski definition) is 5. The van der Waals surface area contributed by atoms with Crippen LogP contribution in [0.4, 0.5) is 0 Å². The van der Waals surface area contributed by atoms with E-state index in [9.17, 15) is 0 Å². The number of allylic oxidation sites excluding steroid dienone is 2. The van der Waals surface area contributed by atoms with Gasteiger partial charge in [-0.05, 0) is 47.4 Å². The van der Waals surface area contributed by atoms with Gasteiger partial charge in [0.15, 0.2) is 5.70 Å². The Bertz CT molecular complexity index is 242. The molecule has 142 valence electrons. The van der Waals surface area contributed by atoms with Crippen LogP contribution in [-0.4, -0.2) is 68.8 Å². The molecule has 0 atom stereocenters. The molecule has 24 heavy (non-hydrogen) atoms. The molecule has 0 fully saturated rings. The minimum Gasteiger partial charge on any atom is -0.304 e. The molecule has 0 bridgehead atoms. The van der Waals surface area contributed by atoms with Crippen LogP contribution >= 0.6 is 0 Å². The van der Waals surface area contributed by atoms with Gasteiger partial charge in [-0.2, -0.15) is 0 Å². The molecule has 0 spiro atoms. The van der Waals surface area contributed by atoms with Crippen molar-refractivity contribution in [3.05, 3.63) is 36.3 Å². The predicted molar refractivity (Wildman–Crippen MR) is 121 cm³/mol. The van der Waals surface area contributed by atoms with E-state index in [1.54, 1.807) is 48.2 Å². The number of hydrogen-bond donors (Lipinski definition) is 0. The Morgan fingerprint density at radius 1 is 0.792 bits per heavy atom. The lowest BCUT2D eigenvalue weighted by atomic mass is 10.6. The maximum absolute atomic E-state index is 6.18. The van der Waals surface area contributed by atoms with Crippen molar-refractivity contribution < 1.29 is 0 Å². The fourth-order valence-electron chi connectivity index (χ4n) is 0. The fraction of sp³-hybridized carbons (Fsp3) is 0.444. The highest BCUT2D eigenvalue weighted by atomic mass is 14.6. The van der Waals surface area contributed by atoms with E-state index in [1.807, 2.05) is 6.92 Å². The summed E-state index contributed by atoms with van der Waals surface area (Å²) in [6.45, 7) is 32.0. The average molecular weight is 341 g/mol. The first-order valence-electron chi connectivity index (χ1n) is 6.10. The highest BCUT2D eigenvalue weighted by Crippen LogP contribution is 1.81. The second kappa shape index (κ2) is 142. The summed E-state index contributed by atoms with van der Waals surface area (Å²) in [4.78, 5) is 19.2. The molecular weight excluding hydrogens is 300 g/mol. The van der Waals surface area contributed by atoms with Crippen molar-refractivity contribution in [3.63, 3.8) is 0 Å². The van der Waals surface area contributed by atoms with Crippen LogP contribution in [0.15, 0.2) is 49.9 Å². The fourth-order valence-corrected chi connectivity index (χ4v) is 0. The Balaban J connectivity index is -0.0000000209. The van der Waals surface area contributed by atoms with Crippen molar-refractivity contribution in [1.82, 2.24) is 0 Å². The van der Waals surface area contributed by atoms with Gasteiger partial charge < -0.3 is 25.0 Å². The van der Waals surface area contributed by atoms with Crippen LogP contribution in [0.25, 0.3) is 4.85 Å². The highest BCUT2D eigenvalue weighted by Gasteiger charge is 1.64. The molecule has 0 aromatic heterocycles. The SMILES string of the molecule is C.C=CC.C=NC.C=NC.C=NC.C=NC.C=NC.[C-]#[N+]C(=C)C. The summed E-state index contributed by atoms with van der Waals surface area (Å²) in [5.41, 5.74) is 0.546. The van der Waals surface area contributed by atoms with Crippen molar-refractivity contribution in [2.24, 2.45) is 25.0 Å². The first-order chi connectivity index (χ1) is 10.8. The number of nitrogens with zero attached hydrogens (tertiary/aromatic N) is 6. The number of aliphatic imine (C=N–C) groups is 5. The summed E-state index contributed by atoms with van der Waals surface area (Å²) < 4.78 is 0. The number of rotatable bonds is 0. The Kier molecular flexibility index (Phi) is 293. The van der Waals surface area contributed by atoms with Gasteiger partial charge in [0.25, 0.3) is 0 Å². The van der Waals surface area contributed by atoms with E-state index in [2.05, 4.69) is 76.6 Å². The molecular formula is C18H40N6. The summed E-state index contributed by atoms with van der Waals surface area (Å²) >= 11 is 0. The predicted octanol–water partition coefficient (Wildman–Crippen LogP) is 4.85. The van der Waals surface area contributed by atoms with E-state index in [-0.39, 0.29) is 7.43 Å². The summed E-state index contributed by atoms with van der Waals surface area (Å²) in [5, 5.41) is 0. The van der Waals surface area contributed by atoms with Gasteiger partial charge in [0, 0.05) is 35.2 Å². The first-order valence-corrected chi connectivity index (χ1v) is 6.10. The van der Waals surface area contributed by atoms with Crippen molar-refractivity contribution >= 4 is 33.6 Å². The van der Waals surface area contributed by atoms with Gasteiger partial charge in [-0.25, -0.2) is 4.85 Å². The lowest BCUT2D eigenvalue weighted by Gasteiger charge is -1.63. The van der Waals surface area contributed by atoms with E-state index in [1.165, 1.54) is 0 Å². The molecule has 0 saturated heterocycles. The Hall–Kier alpha value is -2.68. The second-order valence-corrected chi connectivity index (χ2v) is 2.84. The third-order valence-corrected chi connectivity index (χ3v) is 0.191. The van der Waals surface area contributed by atoms with Crippen molar-refractivity contribution in [3.8, 4) is 0 Å². The van der Waals surface area contributed by atoms with E-state index >= 15 is 0 Å². The molecule has 0 aliphatic carbocycles. The molecule has 0 rings (SSSR count). The van der Waals surface area contributed by atoms with Gasteiger partial charge >= 0.3 is 0 Å². The van der Waals surface area contributed by atoms with Crippen molar-refractivity contribution in [2.75, 3.05) is 35.2 Å². The third kappa shape index (κ3) is 14000. The molecule has 0 radical (unpaired) electrons. The topological polar surface area (TPSA) is 66.2 Å². The monoisotopic (exact) mass is 340 g/mol. The van der Waals surface area contributed by atoms with Crippen LogP contribution in [-0.2, 0) is 0 Å². The molecule has 0 aromatic rings. The molecule has 6 heteroatoms. The van der Waals surface area contributed by atoms with Gasteiger partial charge in [-0.15, -0.1) is 6.58 Å². The zero-order valence-corrected chi connectivity index (χ0v) is 16.2. The van der Waals surface area contributed by atoms with Crippen LogP contribution in [0.1, 0.15) is 21.3 Å². The normalized spacial score (nSPS) is 4.42. The molecule has 0 unspecified atom stereocenters. The zero-order valence-electron chi connectivity index (χ0n) is 16.2. The molecule has 6 nitrogen and oxygen atoms in total. The first kappa shape index (κ1) is 49.6. The second-order valence-electron chi connectivity index (χ2n) is 2.84. The Morgan fingerprint density at radius 2 is 0.833 bits per heavy atom. The van der Waals surface area contributed by atoms with Crippen LogP contribution in [0.3, 0.4) is 0 Å². The van der Waals surface area contributed by atoms with Crippen LogP contribution in [0.2, 0.25) is 0 Å². The van der Waals surface area contributed by atoms with E-state index in [0.29, 0.717) is 5.70 Å². The summed E-state index contributed by atoms with van der Waals surface area (Å²) in [6.07, 6.45) is 1.75. The molecule has 0 heterocycles. The molecule has 0 saturated carbocycles. The maximum Gasteiger partial charge on any atom is 0.155 e. The van der Waals surface area contributed by atoms with Gasteiger partial charge in [-0.3, -0.25) is 0 Å². The third-order valence-electron chi connectivity index (χ3n) is 0.191. The van der Waals surface area contributed by atoms with Crippen molar-refractivity contribution in [2.45, 2.75) is 21.3 Å². The van der Waals surface area contributed by atoms with Gasteiger partial charge in [0.1, 0.15) is 0 Å². The van der Waals surface area contributed by atoms with Crippen LogP contribution in [0, 0.1) is 6.57 Å². The van der Waals surface area contributed by atoms with E-state index in [4.69, 9.17) is 6.57 Å². The van der Waals surface area contributed by atoms with Gasteiger partial charge in [-0.1, -0.05) is 20.1 Å². The lowest BCUT2D eigenvalue weighted by molar-refractivity contribution is 1.49. The largest absolute Gasteiger partial charge is 0.304 e. The van der Waals surface area contributed by atoms with Crippen LogP contribution < -0.4 is 0 Å². The molecule has 0 aromatic carbocycles. The quantitative estimate of drug-likeness (QED) is 0.344. The minimum atomic E-state index is 0. The molecule has 0 amide bonds. The van der Waals surface area contributed by atoms with Crippen LogP contribution in [0.5, 0.6) is 0 Å². The molecule has 0 N–H and O–H groups in total. The van der Waals surface area contributed by atoms with E-state index < -0.39 is 0 Å². The Morgan fingerprint density at radius 3 is 0.833 bits per heavy atom. The maximum atomic E-state index is 6.18. The highest BCUT2D eigenvalue weighted by molar-refractivity contribution is 5.22. The van der Waals surface area contributed by atoms with Crippen molar-refractivity contribution in [1.29, 1.82) is 0 Å². The van der Waals surface area contributed by atoms with Gasteiger partial charge in [0.2, 0.25) is 0 Å². The zero-order chi connectivity index (χ0) is 20.5. The van der Waals surface area contributed by atoms with Gasteiger partial charge in [0.05, 0.1) is 6.57 Å². The summed E-state index contributed by atoms with van der Waals surface area (Å²) in [6, 6.07) is 0.